The maximum atomic E-state index is 13.4. The molecule has 0 bridgehead atoms. The number of H-pyrrole nitrogens is 1. The molecular formula is C19H11BrFNO3S2. The highest BCUT2D eigenvalue weighted by Gasteiger charge is 2.49. The van der Waals surface area contributed by atoms with Crippen molar-refractivity contribution in [1.29, 1.82) is 0 Å². The van der Waals surface area contributed by atoms with E-state index in [1.54, 1.807) is 18.2 Å². The number of ether oxygens (including phenoxy) is 1. The molecule has 0 spiro atoms. The van der Waals surface area contributed by atoms with Crippen LogP contribution in [0.25, 0.3) is 0 Å². The smallest absolute Gasteiger partial charge is 0.316 e. The van der Waals surface area contributed by atoms with Gasteiger partial charge in [-0.3, -0.25) is 9.59 Å². The van der Waals surface area contributed by atoms with Gasteiger partial charge in [-0.15, -0.1) is 0 Å². The van der Waals surface area contributed by atoms with Crippen molar-refractivity contribution in [3.8, 4) is 5.75 Å². The van der Waals surface area contributed by atoms with Crippen molar-refractivity contribution < 1.29 is 13.9 Å². The van der Waals surface area contributed by atoms with Crippen LogP contribution in [0.4, 0.5) is 4.39 Å². The lowest BCUT2D eigenvalue weighted by Crippen LogP contribution is -2.37. The molecule has 5 rings (SSSR count). The zero-order valence-electron chi connectivity index (χ0n) is 13.6. The molecule has 2 aromatic carbocycles. The Hall–Kier alpha value is -1.90. The number of thiazole rings is 1. The molecule has 2 aliphatic heterocycles. The lowest BCUT2D eigenvalue weighted by molar-refractivity contribution is -0.140. The Balaban J connectivity index is 1.74. The van der Waals surface area contributed by atoms with Gasteiger partial charge in [0.1, 0.15) is 11.6 Å². The second-order valence-corrected chi connectivity index (χ2v) is 9.49. The molecule has 3 atom stereocenters. The fourth-order valence-corrected chi connectivity index (χ4v) is 6.68. The predicted molar refractivity (Wildman–Crippen MR) is 105 cm³/mol. The lowest BCUT2D eigenvalue weighted by atomic mass is 9.78. The quantitative estimate of drug-likeness (QED) is 0.413. The molecule has 3 heterocycles. The van der Waals surface area contributed by atoms with E-state index in [-0.39, 0.29) is 27.8 Å². The van der Waals surface area contributed by atoms with Crippen molar-refractivity contribution in [1.82, 2.24) is 4.98 Å². The van der Waals surface area contributed by atoms with E-state index in [1.165, 1.54) is 23.9 Å². The van der Waals surface area contributed by atoms with Gasteiger partial charge in [-0.2, -0.15) is 0 Å². The molecule has 0 aliphatic carbocycles. The van der Waals surface area contributed by atoms with Gasteiger partial charge in [0.25, 0.3) is 0 Å². The average Bonchev–Trinajstić information content (AvgIpc) is 3.02. The van der Waals surface area contributed by atoms with Crippen molar-refractivity contribution in [2.24, 2.45) is 5.92 Å². The summed E-state index contributed by atoms with van der Waals surface area (Å²) in [6.07, 6.45) is 0. The van der Waals surface area contributed by atoms with Crippen molar-refractivity contribution in [2.45, 2.75) is 16.2 Å². The van der Waals surface area contributed by atoms with E-state index in [9.17, 15) is 14.0 Å². The molecule has 2 aliphatic rings. The average molecular weight is 464 g/mol. The molecule has 136 valence electrons. The highest BCUT2D eigenvalue weighted by molar-refractivity contribution is 9.10. The highest BCUT2D eigenvalue weighted by Crippen LogP contribution is 2.58. The first kappa shape index (κ1) is 17.2. The number of hydrogen-bond donors (Lipinski definition) is 1. The van der Waals surface area contributed by atoms with Crippen molar-refractivity contribution >= 4 is 45.0 Å². The van der Waals surface area contributed by atoms with Gasteiger partial charge in [0.15, 0.2) is 0 Å². The third-order valence-electron chi connectivity index (χ3n) is 4.84. The summed E-state index contributed by atoms with van der Waals surface area (Å²) in [5, 5.41) is 0.481. The Morgan fingerprint density at radius 3 is 2.67 bits per heavy atom. The number of aromatic amines is 1. The minimum absolute atomic E-state index is 0.151. The second kappa shape index (κ2) is 6.32. The number of benzene rings is 2. The fraction of sp³-hybridized carbons (Fsp3) is 0.158. The number of rotatable bonds is 1. The maximum Gasteiger partial charge on any atom is 0.316 e. The lowest BCUT2D eigenvalue weighted by Gasteiger charge is -2.39. The minimum atomic E-state index is -0.499. The molecule has 4 nitrogen and oxygen atoms in total. The van der Waals surface area contributed by atoms with E-state index >= 15 is 0 Å². The standard InChI is InChI=1S/C19H11BrFNO3S2/c20-9-3-6-12-11(7-9)13-14(18(23)25-12)15(8-1-4-10(21)5-2-8)26-17-16(13)27-19(24)22-17/h1-7,13-15H,(H,22,24)/t13-,14+,15-/m1/s1. The molecule has 0 radical (unpaired) electrons. The number of thioether (sulfide) groups is 1. The monoisotopic (exact) mass is 463 g/mol. The summed E-state index contributed by atoms with van der Waals surface area (Å²) in [5.74, 6) is -0.930. The van der Waals surface area contributed by atoms with Crippen LogP contribution in [0.2, 0.25) is 0 Å². The highest BCUT2D eigenvalue weighted by atomic mass is 79.9. The minimum Gasteiger partial charge on any atom is -0.426 e. The first-order valence-corrected chi connectivity index (χ1v) is 10.7. The van der Waals surface area contributed by atoms with E-state index in [2.05, 4.69) is 20.9 Å². The van der Waals surface area contributed by atoms with Crippen LogP contribution >= 0.6 is 39.0 Å². The second-order valence-electron chi connectivity index (χ2n) is 6.40. The zero-order chi connectivity index (χ0) is 18.7. The van der Waals surface area contributed by atoms with Crippen LogP contribution in [0.3, 0.4) is 0 Å². The number of carbonyl (C=O) groups excluding carboxylic acids is 1. The topological polar surface area (TPSA) is 59.2 Å². The van der Waals surface area contributed by atoms with E-state index < -0.39 is 5.92 Å². The summed E-state index contributed by atoms with van der Waals surface area (Å²) in [5.41, 5.74) is 1.70. The van der Waals surface area contributed by atoms with Crippen molar-refractivity contribution in [3.63, 3.8) is 0 Å². The van der Waals surface area contributed by atoms with Gasteiger partial charge < -0.3 is 9.72 Å². The van der Waals surface area contributed by atoms with Crippen LogP contribution in [0.1, 0.15) is 27.2 Å². The molecule has 0 fully saturated rings. The summed E-state index contributed by atoms with van der Waals surface area (Å²) in [6.45, 7) is 0. The maximum absolute atomic E-state index is 13.4. The zero-order valence-corrected chi connectivity index (χ0v) is 16.8. The Morgan fingerprint density at radius 2 is 1.89 bits per heavy atom. The molecule has 27 heavy (non-hydrogen) atoms. The van der Waals surface area contributed by atoms with Crippen LogP contribution in [0.5, 0.6) is 5.75 Å². The molecule has 8 heteroatoms. The Bertz CT molecular complexity index is 1120. The molecular weight excluding hydrogens is 453 g/mol. The molecule has 3 aromatic rings. The molecule has 1 aromatic heterocycles. The molecule has 0 unspecified atom stereocenters. The van der Waals surface area contributed by atoms with E-state index in [1.807, 2.05) is 12.1 Å². The normalized spacial score (nSPS) is 23.2. The van der Waals surface area contributed by atoms with Crippen LogP contribution < -0.4 is 9.61 Å². The number of hydrogen-bond acceptors (Lipinski definition) is 5. The first-order valence-electron chi connectivity index (χ1n) is 8.17. The number of carbonyl (C=O) groups is 1. The number of esters is 1. The van der Waals surface area contributed by atoms with Gasteiger partial charge in [-0.25, -0.2) is 4.39 Å². The first-order chi connectivity index (χ1) is 13.0. The van der Waals surface area contributed by atoms with Gasteiger partial charge >= 0.3 is 10.8 Å². The number of aromatic nitrogens is 1. The van der Waals surface area contributed by atoms with Gasteiger partial charge in [0, 0.05) is 20.8 Å². The van der Waals surface area contributed by atoms with Gasteiger partial charge in [0.2, 0.25) is 0 Å². The van der Waals surface area contributed by atoms with Crippen molar-refractivity contribution in [3.05, 3.63) is 78.4 Å². The summed E-state index contributed by atoms with van der Waals surface area (Å²) < 4.78 is 19.9. The van der Waals surface area contributed by atoms with Crippen molar-refractivity contribution in [2.75, 3.05) is 0 Å². The molecule has 1 N–H and O–H groups in total. The number of fused-ring (bicyclic) bond motifs is 5. The Labute approximate surface area is 169 Å². The van der Waals surface area contributed by atoms with E-state index in [4.69, 9.17) is 4.74 Å². The Morgan fingerprint density at radius 1 is 1.11 bits per heavy atom. The molecule has 0 saturated carbocycles. The number of halogens is 2. The summed E-state index contributed by atoms with van der Waals surface area (Å²) in [6, 6.07) is 11.7. The van der Waals surface area contributed by atoms with Crippen LogP contribution in [-0.4, -0.2) is 11.0 Å². The summed E-state index contributed by atoms with van der Waals surface area (Å²) >= 11 is 6.04. The molecule has 0 amide bonds. The fourth-order valence-electron chi connectivity index (χ4n) is 3.71. The Kier molecular flexibility index (Phi) is 4.03. The van der Waals surface area contributed by atoms with Crippen LogP contribution in [0.15, 0.2) is 56.8 Å². The summed E-state index contributed by atoms with van der Waals surface area (Å²) in [7, 11) is 0. The van der Waals surface area contributed by atoms with Gasteiger partial charge in [-0.05, 0) is 35.9 Å². The van der Waals surface area contributed by atoms with E-state index in [0.717, 1.165) is 36.8 Å². The van der Waals surface area contributed by atoms with Gasteiger partial charge in [-0.1, -0.05) is 51.2 Å². The van der Waals surface area contributed by atoms with Gasteiger partial charge in [0.05, 0.1) is 16.2 Å². The van der Waals surface area contributed by atoms with Crippen LogP contribution in [-0.2, 0) is 4.79 Å². The largest absolute Gasteiger partial charge is 0.426 e. The summed E-state index contributed by atoms with van der Waals surface area (Å²) in [4.78, 5) is 28.6. The third kappa shape index (κ3) is 2.78. The predicted octanol–water partition coefficient (Wildman–Crippen LogP) is 4.85. The van der Waals surface area contributed by atoms with Crippen LogP contribution in [0, 0.1) is 11.7 Å². The number of nitrogens with one attached hydrogen (secondary N) is 1. The molecule has 0 saturated heterocycles. The SMILES string of the molecule is O=C1Oc2ccc(Br)cc2[C@H]2c3sc(=O)[nH]c3S[C@H](c3ccc(F)cc3)[C@@H]12. The van der Waals surface area contributed by atoms with E-state index in [0.29, 0.717) is 5.75 Å². The third-order valence-corrected chi connectivity index (χ3v) is 7.81.